The van der Waals surface area contributed by atoms with Gasteiger partial charge in [-0.05, 0) is 19.4 Å². The zero-order chi connectivity index (χ0) is 20.5. The number of halogens is 2. The molecule has 4 aliphatic rings. The van der Waals surface area contributed by atoms with Gasteiger partial charge in [-0.25, -0.2) is 13.8 Å². The fourth-order valence-electron chi connectivity index (χ4n) is 5.24. The largest absolute Gasteiger partial charge is 0.474 e. The van der Waals surface area contributed by atoms with Crippen LogP contribution in [0.1, 0.15) is 19.3 Å². The number of nitrogens with zero attached hydrogens (tertiary/aromatic N) is 5. The van der Waals surface area contributed by atoms with Crippen LogP contribution in [-0.2, 0) is 4.74 Å². The van der Waals surface area contributed by atoms with E-state index in [0.717, 1.165) is 25.6 Å². The van der Waals surface area contributed by atoms with Crippen LogP contribution < -0.4 is 14.4 Å². The van der Waals surface area contributed by atoms with E-state index in [0.29, 0.717) is 49.9 Å². The normalized spacial score (nSPS) is 29.6. The topological polar surface area (TPSA) is 72.8 Å². The van der Waals surface area contributed by atoms with Gasteiger partial charge < -0.3 is 19.1 Å². The van der Waals surface area contributed by atoms with E-state index in [1.165, 1.54) is 0 Å². The number of hydrogen-bond donors (Lipinski definition) is 0. The Hall–Kier alpha value is -2.33. The van der Waals surface area contributed by atoms with E-state index in [1.807, 2.05) is 11.9 Å². The standard InChI is InChI=1S/C20H23F2N5O3/c1-26-16-14-15(13(22)6-23-17(14)29-11-20(26)8-28-9-20)24-18(25-16)30-10-19-3-2-4-27(19)7-12(21)5-19/h6,12H,2-5,7-11H2,1H3/t12-,19+/m1/s1. The van der Waals surface area contributed by atoms with E-state index in [1.54, 1.807) is 0 Å². The quantitative estimate of drug-likeness (QED) is 0.745. The van der Waals surface area contributed by atoms with Crippen LogP contribution in [0, 0.1) is 5.82 Å². The van der Waals surface area contributed by atoms with Crippen LogP contribution in [0.25, 0.3) is 10.9 Å². The maximum Gasteiger partial charge on any atom is 0.319 e. The van der Waals surface area contributed by atoms with Crippen molar-refractivity contribution in [3.05, 3.63) is 12.0 Å². The van der Waals surface area contributed by atoms with Gasteiger partial charge in [-0.2, -0.15) is 9.97 Å². The Bertz CT molecular complexity index is 1020. The minimum atomic E-state index is -0.844. The first-order valence-corrected chi connectivity index (χ1v) is 10.3. The summed E-state index contributed by atoms with van der Waals surface area (Å²) in [5.41, 5.74) is -0.602. The maximum absolute atomic E-state index is 14.7. The molecule has 0 aromatic carbocycles. The Morgan fingerprint density at radius 1 is 1.30 bits per heavy atom. The van der Waals surface area contributed by atoms with Crippen LogP contribution in [0.5, 0.6) is 11.9 Å². The van der Waals surface area contributed by atoms with Gasteiger partial charge in [0.05, 0.1) is 24.9 Å². The molecule has 1 spiro atoms. The molecule has 10 heteroatoms. The van der Waals surface area contributed by atoms with Crippen LogP contribution in [0.2, 0.25) is 0 Å². The van der Waals surface area contributed by atoms with E-state index >= 15 is 0 Å². The number of alkyl halides is 1. The predicted octanol–water partition coefficient (Wildman–Crippen LogP) is 1.72. The van der Waals surface area contributed by atoms with Crippen molar-refractivity contribution >= 4 is 16.7 Å². The first-order chi connectivity index (χ1) is 14.5. The summed E-state index contributed by atoms with van der Waals surface area (Å²) < 4.78 is 46.1. The van der Waals surface area contributed by atoms with Crippen molar-refractivity contribution in [1.82, 2.24) is 19.9 Å². The molecule has 2 aromatic rings. The van der Waals surface area contributed by atoms with Crippen molar-refractivity contribution < 1.29 is 23.0 Å². The fourth-order valence-corrected chi connectivity index (χ4v) is 5.24. The monoisotopic (exact) mass is 419 g/mol. The van der Waals surface area contributed by atoms with E-state index < -0.39 is 12.0 Å². The second-order valence-electron chi connectivity index (χ2n) is 8.89. The average Bonchev–Trinajstić information content (AvgIpc) is 3.18. The number of rotatable bonds is 3. The Balaban J connectivity index is 1.39. The van der Waals surface area contributed by atoms with E-state index in [2.05, 4.69) is 19.9 Å². The number of pyridine rings is 1. The minimum absolute atomic E-state index is 0.0845. The van der Waals surface area contributed by atoms with Crippen molar-refractivity contribution in [2.45, 2.75) is 36.5 Å². The summed E-state index contributed by atoms with van der Waals surface area (Å²) in [5, 5.41) is 0.430. The zero-order valence-corrected chi connectivity index (χ0v) is 16.7. The summed E-state index contributed by atoms with van der Waals surface area (Å²) in [6.07, 6.45) is 2.61. The minimum Gasteiger partial charge on any atom is -0.474 e. The average molecular weight is 419 g/mol. The summed E-state index contributed by atoms with van der Waals surface area (Å²) in [6, 6.07) is 0.0845. The lowest BCUT2D eigenvalue weighted by atomic mass is 9.95. The highest BCUT2D eigenvalue weighted by Crippen LogP contribution is 2.42. The lowest BCUT2D eigenvalue weighted by Gasteiger charge is -2.46. The highest BCUT2D eigenvalue weighted by atomic mass is 19.1. The summed E-state index contributed by atoms with van der Waals surface area (Å²) in [6.45, 7) is 2.93. The molecule has 0 unspecified atom stereocenters. The van der Waals surface area contributed by atoms with Crippen LogP contribution in [-0.4, -0.2) is 83.7 Å². The molecule has 30 heavy (non-hydrogen) atoms. The number of fused-ring (bicyclic) bond motifs is 1. The molecule has 0 bridgehead atoms. The smallest absolute Gasteiger partial charge is 0.319 e. The van der Waals surface area contributed by atoms with Crippen LogP contribution in [0.3, 0.4) is 0 Å². The van der Waals surface area contributed by atoms with Gasteiger partial charge in [-0.3, -0.25) is 4.90 Å². The molecule has 3 fully saturated rings. The molecular weight excluding hydrogens is 396 g/mol. The van der Waals surface area contributed by atoms with Gasteiger partial charge in [-0.15, -0.1) is 0 Å². The Morgan fingerprint density at radius 3 is 2.97 bits per heavy atom. The van der Waals surface area contributed by atoms with Crippen molar-refractivity contribution in [2.24, 2.45) is 0 Å². The van der Waals surface area contributed by atoms with Gasteiger partial charge in [0.15, 0.2) is 5.82 Å². The fraction of sp³-hybridized carbons (Fsp3) is 0.650. The molecule has 4 aliphatic heterocycles. The Morgan fingerprint density at radius 2 is 2.17 bits per heavy atom. The summed E-state index contributed by atoms with van der Waals surface area (Å²) >= 11 is 0. The van der Waals surface area contributed by atoms with Gasteiger partial charge in [0, 0.05) is 20.0 Å². The molecule has 3 saturated heterocycles. The van der Waals surface area contributed by atoms with Crippen molar-refractivity contribution in [3.8, 4) is 11.9 Å². The molecule has 0 amide bonds. The summed E-state index contributed by atoms with van der Waals surface area (Å²) in [4.78, 5) is 17.2. The van der Waals surface area contributed by atoms with E-state index in [9.17, 15) is 8.78 Å². The first-order valence-electron chi connectivity index (χ1n) is 10.3. The number of anilines is 1. The third-order valence-corrected chi connectivity index (χ3v) is 7.08. The van der Waals surface area contributed by atoms with Gasteiger partial charge >= 0.3 is 6.01 Å². The van der Waals surface area contributed by atoms with Gasteiger partial charge in [0.25, 0.3) is 0 Å². The Kier molecular flexibility index (Phi) is 3.89. The first kappa shape index (κ1) is 18.4. The molecular formula is C20H23F2N5O3. The highest BCUT2D eigenvalue weighted by Gasteiger charge is 2.50. The lowest BCUT2D eigenvalue weighted by Crippen LogP contribution is -2.64. The summed E-state index contributed by atoms with van der Waals surface area (Å²) in [5.74, 6) is 0.249. The second-order valence-corrected chi connectivity index (χ2v) is 8.89. The highest BCUT2D eigenvalue weighted by molar-refractivity contribution is 5.95. The van der Waals surface area contributed by atoms with Crippen molar-refractivity contribution in [3.63, 3.8) is 0 Å². The predicted molar refractivity (Wildman–Crippen MR) is 103 cm³/mol. The summed E-state index contributed by atoms with van der Waals surface area (Å²) in [7, 11) is 1.89. The van der Waals surface area contributed by atoms with Crippen LogP contribution in [0.15, 0.2) is 6.20 Å². The SMILES string of the molecule is CN1c2nc(OC[C@@]34CCCN3C[C@H](F)C4)nc3c(F)cnc(c23)OCC12COC2. The van der Waals surface area contributed by atoms with Crippen LogP contribution in [0.4, 0.5) is 14.6 Å². The molecule has 0 saturated carbocycles. The van der Waals surface area contributed by atoms with Gasteiger partial charge in [0.2, 0.25) is 5.88 Å². The third kappa shape index (κ3) is 2.52. The number of hydrogen-bond acceptors (Lipinski definition) is 8. The van der Waals surface area contributed by atoms with Crippen LogP contribution >= 0.6 is 0 Å². The van der Waals surface area contributed by atoms with Gasteiger partial charge in [-0.1, -0.05) is 0 Å². The molecule has 0 radical (unpaired) electrons. The maximum atomic E-state index is 14.7. The number of ether oxygens (including phenoxy) is 3. The van der Waals surface area contributed by atoms with Crippen molar-refractivity contribution in [2.75, 3.05) is 51.5 Å². The second kappa shape index (κ2) is 6.34. The van der Waals surface area contributed by atoms with E-state index in [4.69, 9.17) is 14.2 Å². The molecule has 2 aromatic heterocycles. The van der Waals surface area contributed by atoms with E-state index in [-0.39, 0.29) is 29.2 Å². The molecule has 8 nitrogen and oxygen atoms in total. The van der Waals surface area contributed by atoms with Crippen molar-refractivity contribution in [1.29, 1.82) is 0 Å². The number of aromatic nitrogens is 3. The lowest BCUT2D eigenvalue weighted by molar-refractivity contribution is -0.0736. The zero-order valence-electron chi connectivity index (χ0n) is 16.7. The molecule has 160 valence electrons. The third-order valence-electron chi connectivity index (χ3n) is 7.08. The van der Waals surface area contributed by atoms with Gasteiger partial charge in [0.1, 0.15) is 41.6 Å². The Labute approximate surface area is 172 Å². The molecule has 6 rings (SSSR count). The molecule has 2 atom stereocenters. The molecule has 6 heterocycles. The molecule has 0 N–H and O–H groups in total. The molecule has 0 aliphatic carbocycles. The number of likely N-dealkylation sites (N-methyl/N-ethyl adjacent to an activating group) is 1.